The van der Waals surface area contributed by atoms with Crippen molar-refractivity contribution in [3.8, 4) is 50.2 Å². The summed E-state index contributed by atoms with van der Waals surface area (Å²) in [6.07, 6.45) is 0. The standard InChI is InChI=1S/C64H42N2O/c1-2-14-45(15-3-1)59-41-48(47-18-12-19-52(40-47)66-60-25-9-6-21-55(60)56-22-7-10-26-61(56)66)33-39-62(59)65(51-36-30-46(31-37-51)54-24-13-17-44-16-4-5-20-53(44)54)50-34-28-43(29-35-50)49-32-38-58-57-23-8-11-27-63(57)67-64(58)42-49/h1-42H. The fourth-order valence-corrected chi connectivity index (χ4v) is 10.2. The molecule has 0 radical (unpaired) electrons. The summed E-state index contributed by atoms with van der Waals surface area (Å²) in [6, 6.07) is 92.1. The Bertz CT molecular complexity index is 3910. The minimum atomic E-state index is 0.892. The third kappa shape index (κ3) is 6.67. The van der Waals surface area contributed by atoms with Gasteiger partial charge in [-0.1, -0.05) is 176 Å². The van der Waals surface area contributed by atoms with Crippen molar-refractivity contribution < 1.29 is 4.42 Å². The quantitative estimate of drug-likeness (QED) is 0.152. The third-order valence-electron chi connectivity index (χ3n) is 13.4. The molecule has 11 aromatic carbocycles. The molecule has 0 bridgehead atoms. The van der Waals surface area contributed by atoms with Crippen LogP contribution in [0.2, 0.25) is 0 Å². The van der Waals surface area contributed by atoms with Gasteiger partial charge in [0.25, 0.3) is 0 Å². The predicted molar refractivity (Wildman–Crippen MR) is 282 cm³/mol. The molecular weight excluding hydrogens is 813 g/mol. The van der Waals surface area contributed by atoms with Crippen molar-refractivity contribution in [2.75, 3.05) is 4.90 Å². The first-order valence-electron chi connectivity index (χ1n) is 22.9. The third-order valence-corrected chi connectivity index (χ3v) is 13.4. The van der Waals surface area contributed by atoms with Crippen molar-refractivity contribution in [2.45, 2.75) is 0 Å². The van der Waals surface area contributed by atoms with Crippen LogP contribution in [-0.2, 0) is 0 Å². The van der Waals surface area contributed by atoms with Gasteiger partial charge in [0, 0.05) is 44.2 Å². The Morgan fingerprint density at radius 1 is 0.299 bits per heavy atom. The molecular formula is C64H42N2O. The van der Waals surface area contributed by atoms with E-state index in [0.717, 1.165) is 78.1 Å². The van der Waals surface area contributed by atoms with Gasteiger partial charge < -0.3 is 13.9 Å². The van der Waals surface area contributed by atoms with Gasteiger partial charge in [0.05, 0.1) is 16.7 Å². The number of furan rings is 1. The molecule has 0 spiro atoms. The lowest BCUT2D eigenvalue weighted by molar-refractivity contribution is 0.669. The number of benzene rings is 11. The van der Waals surface area contributed by atoms with E-state index >= 15 is 0 Å². The minimum absolute atomic E-state index is 0.892. The summed E-state index contributed by atoms with van der Waals surface area (Å²) in [5.41, 5.74) is 17.8. The van der Waals surface area contributed by atoms with E-state index in [4.69, 9.17) is 4.42 Å². The molecule has 0 saturated heterocycles. The van der Waals surface area contributed by atoms with Crippen molar-refractivity contribution >= 4 is 71.6 Å². The van der Waals surface area contributed by atoms with E-state index in [2.05, 4.69) is 252 Å². The van der Waals surface area contributed by atoms with Gasteiger partial charge >= 0.3 is 0 Å². The van der Waals surface area contributed by atoms with E-state index in [9.17, 15) is 0 Å². The van der Waals surface area contributed by atoms with Gasteiger partial charge in [0.15, 0.2) is 0 Å². The van der Waals surface area contributed by atoms with Crippen LogP contribution in [0.5, 0.6) is 0 Å². The van der Waals surface area contributed by atoms with Gasteiger partial charge in [-0.15, -0.1) is 0 Å². The van der Waals surface area contributed by atoms with Crippen LogP contribution >= 0.6 is 0 Å². The summed E-state index contributed by atoms with van der Waals surface area (Å²) in [4.78, 5) is 2.40. The topological polar surface area (TPSA) is 21.3 Å². The molecule has 67 heavy (non-hydrogen) atoms. The number of anilines is 3. The molecule has 2 heterocycles. The molecule has 0 N–H and O–H groups in total. The fraction of sp³-hybridized carbons (Fsp3) is 0. The number of hydrogen-bond acceptors (Lipinski definition) is 2. The lowest BCUT2D eigenvalue weighted by Gasteiger charge is -2.29. The zero-order valence-corrected chi connectivity index (χ0v) is 36.6. The van der Waals surface area contributed by atoms with Crippen LogP contribution in [0.25, 0.3) is 105 Å². The van der Waals surface area contributed by atoms with Gasteiger partial charge in [0.1, 0.15) is 11.2 Å². The Morgan fingerprint density at radius 2 is 0.821 bits per heavy atom. The maximum absolute atomic E-state index is 6.30. The first-order valence-corrected chi connectivity index (χ1v) is 22.9. The number of aromatic nitrogens is 1. The monoisotopic (exact) mass is 854 g/mol. The number of fused-ring (bicyclic) bond motifs is 7. The van der Waals surface area contributed by atoms with E-state index in [1.807, 2.05) is 12.1 Å². The molecule has 13 aromatic rings. The van der Waals surface area contributed by atoms with Crippen LogP contribution in [0.4, 0.5) is 17.1 Å². The highest BCUT2D eigenvalue weighted by Crippen LogP contribution is 2.45. The molecule has 3 nitrogen and oxygen atoms in total. The Hall–Kier alpha value is -8.92. The Balaban J connectivity index is 0.950. The number of hydrogen-bond donors (Lipinski definition) is 0. The van der Waals surface area contributed by atoms with Crippen molar-refractivity contribution in [3.05, 3.63) is 255 Å². The minimum Gasteiger partial charge on any atom is -0.456 e. The summed E-state index contributed by atoms with van der Waals surface area (Å²) in [5.74, 6) is 0. The molecule has 0 atom stereocenters. The second-order valence-electron chi connectivity index (χ2n) is 17.3. The molecule has 0 amide bonds. The zero-order chi connectivity index (χ0) is 44.3. The largest absolute Gasteiger partial charge is 0.456 e. The molecule has 0 fully saturated rings. The van der Waals surface area contributed by atoms with E-state index in [1.165, 1.54) is 43.7 Å². The van der Waals surface area contributed by atoms with Crippen LogP contribution < -0.4 is 4.90 Å². The predicted octanol–water partition coefficient (Wildman–Crippen LogP) is 18.0. The van der Waals surface area contributed by atoms with Crippen molar-refractivity contribution in [1.82, 2.24) is 4.57 Å². The van der Waals surface area contributed by atoms with Gasteiger partial charge in [-0.05, 0) is 129 Å². The molecule has 13 rings (SSSR count). The van der Waals surface area contributed by atoms with E-state index in [1.54, 1.807) is 0 Å². The summed E-state index contributed by atoms with van der Waals surface area (Å²) in [6.45, 7) is 0. The molecule has 3 heteroatoms. The van der Waals surface area contributed by atoms with Gasteiger partial charge in [-0.3, -0.25) is 0 Å². The summed E-state index contributed by atoms with van der Waals surface area (Å²) in [5, 5.41) is 7.25. The highest BCUT2D eigenvalue weighted by molar-refractivity contribution is 6.09. The lowest BCUT2D eigenvalue weighted by Crippen LogP contribution is -2.11. The average Bonchev–Trinajstić information content (AvgIpc) is 3.95. The number of nitrogens with zero attached hydrogens (tertiary/aromatic N) is 2. The second-order valence-corrected chi connectivity index (χ2v) is 17.3. The lowest BCUT2D eigenvalue weighted by atomic mass is 9.95. The van der Waals surface area contributed by atoms with Crippen LogP contribution in [0.3, 0.4) is 0 Å². The SMILES string of the molecule is c1ccc(-c2cc(-c3cccc(-n4c5ccccc5c5ccccc54)c3)ccc2N(c2ccc(-c3ccc4c(c3)oc3ccccc34)cc2)c2ccc(-c3cccc4ccccc34)cc2)cc1. The van der Waals surface area contributed by atoms with Crippen LogP contribution in [0.1, 0.15) is 0 Å². The van der Waals surface area contributed by atoms with E-state index in [0.29, 0.717) is 0 Å². The Labute approximate surface area is 388 Å². The zero-order valence-electron chi connectivity index (χ0n) is 36.6. The van der Waals surface area contributed by atoms with Gasteiger partial charge in [-0.25, -0.2) is 0 Å². The maximum Gasteiger partial charge on any atom is 0.136 e. The highest BCUT2D eigenvalue weighted by Gasteiger charge is 2.20. The van der Waals surface area contributed by atoms with Crippen molar-refractivity contribution in [2.24, 2.45) is 0 Å². The average molecular weight is 855 g/mol. The molecule has 0 aliphatic carbocycles. The Kier molecular flexibility index (Phi) is 9.17. The summed E-state index contributed by atoms with van der Waals surface area (Å²) in [7, 11) is 0. The normalized spacial score (nSPS) is 11.6. The van der Waals surface area contributed by atoms with Crippen LogP contribution in [-0.4, -0.2) is 4.57 Å². The smallest absolute Gasteiger partial charge is 0.136 e. The summed E-state index contributed by atoms with van der Waals surface area (Å²) < 4.78 is 8.70. The molecule has 314 valence electrons. The molecule has 2 aromatic heterocycles. The van der Waals surface area contributed by atoms with E-state index in [-0.39, 0.29) is 0 Å². The second kappa shape index (κ2) is 16.0. The maximum atomic E-state index is 6.30. The fourth-order valence-electron chi connectivity index (χ4n) is 10.2. The van der Waals surface area contributed by atoms with E-state index < -0.39 is 0 Å². The van der Waals surface area contributed by atoms with Crippen LogP contribution in [0, 0.1) is 0 Å². The van der Waals surface area contributed by atoms with Gasteiger partial charge in [-0.2, -0.15) is 0 Å². The van der Waals surface area contributed by atoms with Crippen LogP contribution in [0.15, 0.2) is 259 Å². The molecule has 0 unspecified atom stereocenters. The van der Waals surface area contributed by atoms with Gasteiger partial charge in [0.2, 0.25) is 0 Å². The molecule has 0 aliphatic heterocycles. The van der Waals surface area contributed by atoms with Crippen molar-refractivity contribution in [1.29, 1.82) is 0 Å². The first-order chi connectivity index (χ1) is 33.2. The number of rotatable bonds is 8. The highest BCUT2D eigenvalue weighted by atomic mass is 16.3. The summed E-state index contributed by atoms with van der Waals surface area (Å²) >= 11 is 0. The first kappa shape index (κ1) is 38.5. The Morgan fingerprint density at radius 3 is 1.58 bits per heavy atom. The van der Waals surface area contributed by atoms with Crippen molar-refractivity contribution in [3.63, 3.8) is 0 Å². The molecule has 0 aliphatic rings. The molecule has 0 saturated carbocycles. The number of para-hydroxylation sites is 3.